The molecule has 0 saturated heterocycles. The van der Waals surface area contributed by atoms with Crippen LogP contribution in [0.25, 0.3) is 11.3 Å². The Morgan fingerprint density at radius 1 is 0.957 bits per heavy atom. The van der Waals surface area contributed by atoms with Crippen molar-refractivity contribution in [3.8, 4) is 11.3 Å². The first-order chi connectivity index (χ1) is 11.0. The Balaban J connectivity index is 2.04. The monoisotopic (exact) mass is 305 g/mol. The molecule has 0 unspecified atom stereocenters. The van der Waals surface area contributed by atoms with E-state index >= 15 is 0 Å². The number of nitrogens with zero attached hydrogens (tertiary/aromatic N) is 3. The van der Waals surface area contributed by atoms with Gasteiger partial charge in [-0.15, -0.1) is 0 Å². The van der Waals surface area contributed by atoms with E-state index in [0.717, 1.165) is 22.5 Å². The molecule has 0 amide bonds. The summed E-state index contributed by atoms with van der Waals surface area (Å²) in [7, 11) is 0. The van der Waals surface area contributed by atoms with Crippen LogP contribution < -0.4 is 5.56 Å². The molecule has 2 aromatic heterocycles. The van der Waals surface area contributed by atoms with Crippen LogP contribution in [0.15, 0.2) is 53.5 Å². The van der Waals surface area contributed by atoms with Gasteiger partial charge in [-0.3, -0.25) is 9.78 Å². The van der Waals surface area contributed by atoms with Crippen LogP contribution in [0, 0.1) is 20.8 Å². The van der Waals surface area contributed by atoms with Gasteiger partial charge in [0.1, 0.15) is 0 Å². The maximum absolute atomic E-state index is 12.1. The second-order valence-electron chi connectivity index (χ2n) is 5.79. The summed E-state index contributed by atoms with van der Waals surface area (Å²) in [6, 6.07) is 13.3. The van der Waals surface area contributed by atoms with Crippen LogP contribution >= 0.6 is 0 Å². The summed E-state index contributed by atoms with van der Waals surface area (Å²) in [5.41, 5.74) is 6.19. The lowest BCUT2D eigenvalue weighted by molar-refractivity contribution is 0.631. The minimum absolute atomic E-state index is 0.124. The van der Waals surface area contributed by atoms with Crippen molar-refractivity contribution >= 4 is 0 Å². The Bertz CT molecular complexity index is 898. The largest absolute Gasteiger partial charge is 0.268 e. The predicted molar refractivity (Wildman–Crippen MR) is 91.5 cm³/mol. The molecule has 2 heterocycles. The second kappa shape index (κ2) is 6.16. The minimum atomic E-state index is -0.124. The van der Waals surface area contributed by atoms with Gasteiger partial charge in [0.05, 0.1) is 17.9 Å². The van der Waals surface area contributed by atoms with Gasteiger partial charge in [-0.2, -0.15) is 5.10 Å². The summed E-state index contributed by atoms with van der Waals surface area (Å²) in [6.07, 6.45) is 1.72. The maximum Gasteiger partial charge on any atom is 0.267 e. The van der Waals surface area contributed by atoms with E-state index in [2.05, 4.69) is 43.0 Å². The lowest BCUT2D eigenvalue weighted by Crippen LogP contribution is -2.23. The van der Waals surface area contributed by atoms with Crippen LogP contribution in [-0.4, -0.2) is 14.8 Å². The van der Waals surface area contributed by atoms with Crippen molar-refractivity contribution in [3.05, 3.63) is 81.4 Å². The molecule has 0 bridgehead atoms. The van der Waals surface area contributed by atoms with Crippen LogP contribution in [-0.2, 0) is 6.54 Å². The van der Waals surface area contributed by atoms with Crippen molar-refractivity contribution in [2.24, 2.45) is 0 Å². The lowest BCUT2D eigenvalue weighted by Gasteiger charge is -2.11. The van der Waals surface area contributed by atoms with E-state index < -0.39 is 0 Å². The molecule has 1 aromatic carbocycles. The normalized spacial score (nSPS) is 10.7. The average molecular weight is 305 g/mol. The predicted octanol–water partition coefficient (Wildman–Crippen LogP) is 3.28. The molecule has 0 radical (unpaired) electrons. The molecule has 0 atom stereocenters. The third kappa shape index (κ3) is 3.21. The highest BCUT2D eigenvalue weighted by Crippen LogP contribution is 2.24. The molecule has 0 fully saturated rings. The van der Waals surface area contributed by atoms with Crippen molar-refractivity contribution in [2.45, 2.75) is 27.3 Å². The van der Waals surface area contributed by atoms with E-state index in [4.69, 9.17) is 0 Å². The number of benzene rings is 1. The van der Waals surface area contributed by atoms with Gasteiger partial charge in [0.2, 0.25) is 0 Å². The number of aryl methyl sites for hydroxylation is 3. The summed E-state index contributed by atoms with van der Waals surface area (Å²) >= 11 is 0. The molecule has 3 rings (SSSR count). The maximum atomic E-state index is 12.1. The summed E-state index contributed by atoms with van der Waals surface area (Å²) in [5.74, 6) is 0. The third-order valence-electron chi connectivity index (χ3n) is 4.02. The Hall–Kier alpha value is -2.75. The van der Waals surface area contributed by atoms with E-state index in [1.807, 2.05) is 18.2 Å². The van der Waals surface area contributed by atoms with Gasteiger partial charge in [0.25, 0.3) is 5.56 Å². The third-order valence-corrected chi connectivity index (χ3v) is 4.02. The van der Waals surface area contributed by atoms with Gasteiger partial charge in [-0.25, -0.2) is 4.68 Å². The molecular formula is C19H19N3O. The topological polar surface area (TPSA) is 47.8 Å². The van der Waals surface area contributed by atoms with E-state index in [1.54, 1.807) is 18.3 Å². The Labute approximate surface area is 135 Å². The molecule has 116 valence electrons. The zero-order chi connectivity index (χ0) is 16.4. The number of aromatic nitrogens is 3. The fourth-order valence-electron chi connectivity index (χ4n) is 2.59. The highest BCUT2D eigenvalue weighted by molar-refractivity contribution is 5.64. The van der Waals surface area contributed by atoms with Gasteiger partial charge < -0.3 is 0 Å². The lowest BCUT2D eigenvalue weighted by atomic mass is 9.99. The van der Waals surface area contributed by atoms with E-state index in [9.17, 15) is 4.79 Å². The molecule has 0 N–H and O–H groups in total. The first kappa shape index (κ1) is 15.2. The highest BCUT2D eigenvalue weighted by atomic mass is 16.1. The summed E-state index contributed by atoms with van der Waals surface area (Å²) in [4.78, 5) is 16.3. The molecule has 0 aliphatic rings. The molecule has 0 aliphatic carbocycles. The molecule has 3 aromatic rings. The molecule has 4 heteroatoms. The molecule has 4 nitrogen and oxygen atoms in total. The Kier molecular flexibility index (Phi) is 4.06. The fourth-order valence-corrected chi connectivity index (χ4v) is 2.59. The Morgan fingerprint density at radius 3 is 2.48 bits per heavy atom. The van der Waals surface area contributed by atoms with Crippen molar-refractivity contribution in [1.82, 2.24) is 14.8 Å². The first-order valence-electron chi connectivity index (χ1n) is 7.61. The molecule has 0 saturated carbocycles. The van der Waals surface area contributed by atoms with Gasteiger partial charge in [0.15, 0.2) is 0 Å². The quantitative estimate of drug-likeness (QED) is 0.746. The Morgan fingerprint density at radius 2 is 1.74 bits per heavy atom. The standard InChI is InChI=1S/C19H19N3O/c1-13-10-15(3)17(11-14(13)2)18-7-8-19(23)22(21-18)12-16-6-4-5-9-20-16/h4-11H,12H2,1-3H3. The minimum Gasteiger partial charge on any atom is -0.268 e. The number of hydrogen-bond acceptors (Lipinski definition) is 3. The van der Waals surface area contributed by atoms with E-state index in [0.29, 0.717) is 6.54 Å². The van der Waals surface area contributed by atoms with Crippen molar-refractivity contribution in [3.63, 3.8) is 0 Å². The molecular weight excluding hydrogens is 286 g/mol. The van der Waals surface area contributed by atoms with Crippen LogP contribution in [0.5, 0.6) is 0 Å². The van der Waals surface area contributed by atoms with E-state index in [-0.39, 0.29) is 5.56 Å². The molecule has 0 aliphatic heterocycles. The summed E-state index contributed by atoms with van der Waals surface area (Å²) in [5, 5.41) is 4.53. The van der Waals surface area contributed by atoms with Gasteiger partial charge in [-0.05, 0) is 61.7 Å². The average Bonchev–Trinajstić information content (AvgIpc) is 2.54. The van der Waals surface area contributed by atoms with Crippen molar-refractivity contribution in [1.29, 1.82) is 0 Å². The molecule has 23 heavy (non-hydrogen) atoms. The van der Waals surface area contributed by atoms with Gasteiger partial charge in [0, 0.05) is 17.8 Å². The van der Waals surface area contributed by atoms with Crippen LogP contribution in [0.1, 0.15) is 22.4 Å². The highest BCUT2D eigenvalue weighted by Gasteiger charge is 2.09. The summed E-state index contributed by atoms with van der Waals surface area (Å²) in [6.45, 7) is 6.62. The molecule has 0 spiro atoms. The fraction of sp³-hybridized carbons (Fsp3) is 0.211. The van der Waals surface area contributed by atoms with Crippen molar-refractivity contribution in [2.75, 3.05) is 0 Å². The second-order valence-corrected chi connectivity index (χ2v) is 5.79. The van der Waals surface area contributed by atoms with Crippen LogP contribution in [0.4, 0.5) is 0 Å². The van der Waals surface area contributed by atoms with E-state index in [1.165, 1.54) is 15.8 Å². The first-order valence-corrected chi connectivity index (χ1v) is 7.61. The smallest absolute Gasteiger partial charge is 0.267 e. The number of pyridine rings is 1. The van der Waals surface area contributed by atoms with Crippen molar-refractivity contribution < 1.29 is 0 Å². The SMILES string of the molecule is Cc1cc(C)c(-c2ccc(=O)n(Cc3ccccn3)n2)cc1C. The summed E-state index contributed by atoms with van der Waals surface area (Å²) < 4.78 is 1.46. The van der Waals surface area contributed by atoms with Gasteiger partial charge in [-0.1, -0.05) is 12.1 Å². The number of rotatable bonds is 3. The van der Waals surface area contributed by atoms with Crippen LogP contribution in [0.3, 0.4) is 0 Å². The zero-order valence-electron chi connectivity index (χ0n) is 13.6. The number of hydrogen-bond donors (Lipinski definition) is 0. The van der Waals surface area contributed by atoms with Crippen LogP contribution in [0.2, 0.25) is 0 Å². The van der Waals surface area contributed by atoms with Gasteiger partial charge >= 0.3 is 0 Å². The zero-order valence-corrected chi connectivity index (χ0v) is 13.6.